The quantitative estimate of drug-likeness (QED) is 0.343. The monoisotopic (exact) mass is 253 g/mol. The number of ether oxygens (including phenoxy) is 1. The first-order chi connectivity index (χ1) is 8.02. The maximum absolute atomic E-state index is 5.88. The number of allylic oxidation sites excluding steroid dienone is 2. The smallest absolute Gasteiger partial charge is 0.185 e. The average Bonchev–Trinajstić information content (AvgIpc) is 2.28. The summed E-state index contributed by atoms with van der Waals surface area (Å²) in [7, 11) is 0. The Labute approximate surface area is 110 Å². The maximum atomic E-state index is 5.88. The van der Waals surface area contributed by atoms with Gasteiger partial charge in [0.05, 0.1) is 0 Å². The van der Waals surface area contributed by atoms with E-state index < -0.39 is 0 Å². The topological polar surface area (TPSA) is 21.6 Å². The molecule has 1 aliphatic rings. The first-order valence-electron chi connectivity index (χ1n) is 6.21. The van der Waals surface area contributed by atoms with Crippen LogP contribution in [0.5, 0.6) is 0 Å². The molecule has 0 saturated heterocycles. The molecule has 0 N–H and O–H groups in total. The van der Waals surface area contributed by atoms with Gasteiger partial charge in [-0.05, 0) is 50.9 Å². The van der Waals surface area contributed by atoms with Gasteiger partial charge in [-0.1, -0.05) is 12.2 Å². The third-order valence-corrected chi connectivity index (χ3v) is 3.55. The Morgan fingerprint density at radius 2 is 2.06 bits per heavy atom. The van der Waals surface area contributed by atoms with Crippen LogP contribution in [-0.2, 0) is 4.74 Å². The predicted molar refractivity (Wildman–Crippen MR) is 77.5 cm³/mol. The second kappa shape index (κ2) is 6.90. The first-order valence-corrected chi connectivity index (χ1v) is 6.73. The number of nitrogens with zero attached hydrogens (tertiary/aromatic N) is 1. The van der Waals surface area contributed by atoms with Crippen molar-refractivity contribution in [3.63, 3.8) is 0 Å². The molecule has 1 saturated carbocycles. The summed E-state index contributed by atoms with van der Waals surface area (Å²) in [4.78, 5) is 4.32. The zero-order chi connectivity index (χ0) is 12.8. The lowest BCUT2D eigenvalue weighted by Gasteiger charge is -2.29. The van der Waals surface area contributed by atoms with Gasteiger partial charge in [-0.25, -0.2) is 4.99 Å². The number of hydrogen-bond donors (Lipinski definition) is 1. The molecule has 96 valence electrons. The van der Waals surface area contributed by atoms with Crippen LogP contribution in [0.1, 0.15) is 46.5 Å². The lowest BCUT2D eigenvalue weighted by atomic mass is 9.83. The molecule has 0 aromatic rings. The molecule has 0 amide bonds. The van der Waals surface area contributed by atoms with E-state index in [1.54, 1.807) is 5.41 Å². The Balaban J connectivity index is 2.51. The molecule has 3 heteroatoms. The molecule has 1 rings (SSSR count). The van der Waals surface area contributed by atoms with Gasteiger partial charge in [0.2, 0.25) is 0 Å². The fourth-order valence-electron chi connectivity index (χ4n) is 2.24. The molecule has 0 heterocycles. The molecule has 0 radical (unpaired) electrons. The highest BCUT2D eigenvalue weighted by Crippen LogP contribution is 2.30. The highest BCUT2D eigenvalue weighted by Gasteiger charge is 2.23. The zero-order valence-electron chi connectivity index (χ0n) is 11.1. The van der Waals surface area contributed by atoms with Crippen molar-refractivity contribution in [2.24, 2.45) is 10.9 Å². The van der Waals surface area contributed by atoms with Gasteiger partial charge in [0, 0.05) is 12.6 Å². The van der Waals surface area contributed by atoms with Crippen LogP contribution < -0.4 is 0 Å². The molecule has 2 unspecified atom stereocenters. The van der Waals surface area contributed by atoms with Gasteiger partial charge in [0.15, 0.2) is 5.90 Å². The van der Waals surface area contributed by atoms with E-state index in [1.165, 1.54) is 18.4 Å². The zero-order valence-corrected chi connectivity index (χ0v) is 12.0. The third kappa shape index (κ3) is 4.99. The van der Waals surface area contributed by atoms with Gasteiger partial charge in [-0.15, -0.1) is 12.6 Å². The Kier molecular flexibility index (Phi) is 5.83. The summed E-state index contributed by atoms with van der Waals surface area (Å²) in [6.07, 6.45) is 4.96. The lowest BCUT2D eigenvalue weighted by Crippen LogP contribution is -2.25. The normalized spacial score (nSPS) is 26.8. The second-order valence-corrected chi connectivity index (χ2v) is 5.11. The molecule has 0 bridgehead atoms. The standard InChI is InChI=1S/C14H23NOS/c1-10(2)13-6-5-7-14(8-13)16-12(4)15-11(3)9-17/h9,13-14,17H,1,5-8H2,2-4H3/b11-9-,15-12?. The minimum absolute atomic E-state index is 0.293. The second-order valence-electron chi connectivity index (χ2n) is 4.85. The largest absolute Gasteiger partial charge is 0.478 e. The van der Waals surface area contributed by atoms with Crippen LogP contribution in [0.4, 0.5) is 0 Å². The highest BCUT2D eigenvalue weighted by molar-refractivity contribution is 7.83. The fourth-order valence-corrected chi connectivity index (χ4v) is 2.30. The fraction of sp³-hybridized carbons (Fsp3) is 0.643. The van der Waals surface area contributed by atoms with Gasteiger partial charge in [0.25, 0.3) is 0 Å². The van der Waals surface area contributed by atoms with E-state index in [0.717, 1.165) is 24.4 Å². The molecular weight excluding hydrogens is 230 g/mol. The molecule has 1 aliphatic carbocycles. The van der Waals surface area contributed by atoms with Crippen molar-refractivity contribution in [3.05, 3.63) is 23.3 Å². The van der Waals surface area contributed by atoms with Crippen molar-refractivity contribution >= 4 is 18.5 Å². The molecule has 1 fully saturated rings. The molecule has 0 spiro atoms. The van der Waals surface area contributed by atoms with E-state index in [9.17, 15) is 0 Å². The highest BCUT2D eigenvalue weighted by atomic mass is 32.1. The van der Waals surface area contributed by atoms with E-state index in [-0.39, 0.29) is 0 Å². The summed E-state index contributed by atoms with van der Waals surface area (Å²) in [6.45, 7) is 9.98. The van der Waals surface area contributed by atoms with Crippen molar-refractivity contribution < 1.29 is 4.74 Å². The first kappa shape index (κ1) is 14.4. The summed E-state index contributed by atoms with van der Waals surface area (Å²) in [5.74, 6) is 1.35. The van der Waals surface area contributed by atoms with Crippen molar-refractivity contribution in [1.29, 1.82) is 0 Å². The van der Waals surface area contributed by atoms with E-state index >= 15 is 0 Å². The van der Waals surface area contributed by atoms with Gasteiger partial charge in [-0.3, -0.25) is 0 Å². The molecule has 0 aromatic heterocycles. The lowest BCUT2D eigenvalue weighted by molar-refractivity contribution is 0.121. The van der Waals surface area contributed by atoms with Crippen LogP contribution in [0.2, 0.25) is 0 Å². The van der Waals surface area contributed by atoms with E-state index in [1.807, 2.05) is 13.8 Å². The third-order valence-electron chi connectivity index (χ3n) is 3.18. The Bertz CT molecular complexity index is 333. The van der Waals surface area contributed by atoms with Gasteiger partial charge >= 0.3 is 0 Å². The SMILES string of the molecule is C=C(C)C1CCCC(OC(C)=N/C(C)=C\S)C1. The molecule has 17 heavy (non-hydrogen) atoms. The number of aliphatic imine (C=N–C) groups is 1. The van der Waals surface area contributed by atoms with Gasteiger partial charge < -0.3 is 4.74 Å². The maximum Gasteiger partial charge on any atom is 0.185 e. The van der Waals surface area contributed by atoms with Crippen LogP contribution in [0.25, 0.3) is 0 Å². The van der Waals surface area contributed by atoms with Crippen molar-refractivity contribution in [1.82, 2.24) is 0 Å². The van der Waals surface area contributed by atoms with Gasteiger partial charge in [0.1, 0.15) is 6.10 Å². The summed E-state index contributed by atoms with van der Waals surface area (Å²) in [5, 5.41) is 1.68. The van der Waals surface area contributed by atoms with Crippen molar-refractivity contribution in [3.8, 4) is 0 Å². The van der Waals surface area contributed by atoms with Crippen molar-refractivity contribution in [2.45, 2.75) is 52.6 Å². The average molecular weight is 253 g/mol. The predicted octanol–water partition coefficient (Wildman–Crippen LogP) is 4.35. The minimum Gasteiger partial charge on any atom is -0.478 e. The summed E-state index contributed by atoms with van der Waals surface area (Å²) < 4.78 is 5.88. The van der Waals surface area contributed by atoms with Crippen LogP contribution in [0, 0.1) is 5.92 Å². The van der Waals surface area contributed by atoms with E-state index in [4.69, 9.17) is 4.74 Å². The number of thiol groups is 1. The van der Waals surface area contributed by atoms with Crippen LogP contribution in [0.15, 0.2) is 28.2 Å². The molecule has 0 aliphatic heterocycles. The molecular formula is C14H23NOS. The van der Waals surface area contributed by atoms with Crippen LogP contribution in [-0.4, -0.2) is 12.0 Å². The molecule has 0 aromatic carbocycles. The van der Waals surface area contributed by atoms with Crippen LogP contribution >= 0.6 is 12.6 Å². The minimum atomic E-state index is 0.293. The molecule has 2 nitrogen and oxygen atoms in total. The van der Waals surface area contributed by atoms with E-state index in [0.29, 0.717) is 12.0 Å². The van der Waals surface area contributed by atoms with Gasteiger partial charge in [-0.2, -0.15) is 0 Å². The Morgan fingerprint density at radius 3 is 2.65 bits per heavy atom. The number of rotatable bonds is 3. The number of hydrogen-bond acceptors (Lipinski definition) is 3. The Hall–Kier alpha value is -0.700. The van der Waals surface area contributed by atoms with Crippen LogP contribution in [0.3, 0.4) is 0 Å². The van der Waals surface area contributed by atoms with Crippen molar-refractivity contribution in [2.75, 3.05) is 0 Å². The summed E-state index contributed by atoms with van der Waals surface area (Å²) in [6, 6.07) is 0. The molecule has 2 atom stereocenters. The summed E-state index contributed by atoms with van der Waals surface area (Å²) in [5.41, 5.74) is 2.15. The van der Waals surface area contributed by atoms with E-state index in [2.05, 4.69) is 31.1 Å². The summed E-state index contributed by atoms with van der Waals surface area (Å²) >= 11 is 4.06. The Morgan fingerprint density at radius 1 is 1.35 bits per heavy atom.